The van der Waals surface area contributed by atoms with E-state index in [2.05, 4.69) is 15.3 Å². The number of hydrogen-bond acceptors (Lipinski definition) is 8. The monoisotopic (exact) mass is 677 g/mol. The number of carboxylic acids is 1. The highest BCUT2D eigenvalue weighted by molar-refractivity contribution is 6.13. The van der Waals surface area contributed by atoms with Crippen molar-refractivity contribution in [2.24, 2.45) is 17.8 Å². The van der Waals surface area contributed by atoms with Crippen LogP contribution in [-0.2, 0) is 21.1 Å². The molecule has 4 heterocycles. The summed E-state index contributed by atoms with van der Waals surface area (Å²) in [5.74, 6) is -1.83. The average Bonchev–Trinajstić information content (AvgIpc) is 3.48. The van der Waals surface area contributed by atoms with E-state index in [-0.39, 0.29) is 36.2 Å². The Morgan fingerprint density at radius 2 is 1.89 bits per heavy atom. The first-order valence-corrected chi connectivity index (χ1v) is 16.8. The van der Waals surface area contributed by atoms with Gasteiger partial charge in [-0.2, -0.15) is 13.2 Å². The van der Waals surface area contributed by atoms with Gasteiger partial charge >= 0.3 is 12.1 Å². The van der Waals surface area contributed by atoms with Crippen LogP contribution in [0.3, 0.4) is 0 Å². The number of ether oxygens (including phenoxy) is 2. The molecule has 4 unspecified atom stereocenters. The molecule has 254 valence electrons. The molecule has 14 heteroatoms. The maximum absolute atomic E-state index is 14.6. The molecule has 2 bridgehead atoms. The topological polar surface area (TPSA) is 117 Å². The molecule has 4 atom stereocenters. The number of hydrogen-bond donors (Lipinski definition) is 2. The molecule has 3 aliphatic heterocycles. The Balaban J connectivity index is 1.20. The first kappa shape index (κ1) is 32.4. The quantitative estimate of drug-likeness (QED) is 0.372. The van der Waals surface area contributed by atoms with E-state index in [1.807, 2.05) is 25.1 Å². The van der Waals surface area contributed by atoms with Gasteiger partial charge in [0.25, 0.3) is 5.91 Å². The van der Waals surface area contributed by atoms with E-state index in [4.69, 9.17) is 21.3 Å². The lowest BCUT2D eigenvalue weighted by molar-refractivity contribution is -0.146. The van der Waals surface area contributed by atoms with Crippen LogP contribution in [0.25, 0.3) is 0 Å². The fourth-order valence-electron chi connectivity index (χ4n) is 8.78. The minimum absolute atomic E-state index is 0.00927. The number of nitrogens with zero attached hydrogens (tertiary/aromatic N) is 4. The molecule has 2 saturated heterocycles. The van der Waals surface area contributed by atoms with Crippen molar-refractivity contribution in [3.05, 3.63) is 41.2 Å². The maximum Gasteiger partial charge on any atom is 0.434 e. The standard InChI is InChI=1S/C33H39ClF3N5O5/c1-19-12-20-14-21(13-19)32(16-20,29(44)45)40-28(43)24-17-38-30(39-27(24)33(35,36)37)42-18-31(6-10-46-11-7-31)25-15-23(2-3-26(25)42)47-22-4-8-41(34)9-5-22/h2-3,15,17,19-22H,4-14,16,18H2,1H3,(H,40,43)(H,44,45). The highest BCUT2D eigenvalue weighted by atomic mass is 35.5. The molecule has 1 aromatic carbocycles. The smallest absolute Gasteiger partial charge is 0.434 e. The molecular weight excluding hydrogens is 639 g/mol. The van der Waals surface area contributed by atoms with E-state index < -0.39 is 40.3 Å². The van der Waals surface area contributed by atoms with Gasteiger partial charge < -0.3 is 24.8 Å². The lowest BCUT2D eigenvalue weighted by atomic mass is 9.76. The Morgan fingerprint density at radius 3 is 2.60 bits per heavy atom. The zero-order valence-electron chi connectivity index (χ0n) is 26.2. The van der Waals surface area contributed by atoms with Gasteiger partial charge in [-0.05, 0) is 105 Å². The van der Waals surface area contributed by atoms with Gasteiger partial charge in [-0.15, -0.1) is 0 Å². The van der Waals surface area contributed by atoms with Gasteiger partial charge in [0, 0.05) is 50.1 Å². The zero-order valence-corrected chi connectivity index (χ0v) is 26.9. The third-order valence-electron chi connectivity index (χ3n) is 11.0. The Morgan fingerprint density at radius 1 is 1.15 bits per heavy atom. The van der Waals surface area contributed by atoms with Gasteiger partial charge in [-0.1, -0.05) is 6.92 Å². The minimum atomic E-state index is -4.99. The summed E-state index contributed by atoms with van der Waals surface area (Å²) >= 11 is 6.11. The Hall–Kier alpha value is -3.16. The highest BCUT2D eigenvalue weighted by Gasteiger charge is 2.57. The second-order valence-corrected chi connectivity index (χ2v) is 14.6. The molecular formula is C33H39ClF3N5O5. The first-order valence-electron chi connectivity index (χ1n) is 16.4. The molecule has 1 spiro atoms. The molecule has 2 saturated carbocycles. The number of carbonyl (C=O) groups excluding carboxylic acids is 1. The molecule has 2 aromatic rings. The van der Waals surface area contributed by atoms with Crippen molar-refractivity contribution < 1.29 is 37.3 Å². The maximum atomic E-state index is 14.6. The SMILES string of the molecule is CC1CC2CC(C1)C(NC(=O)c1cnc(N3CC4(CCOCC4)c4cc(OC5CCN(Cl)CC5)ccc43)nc1C(F)(F)F)(C(=O)O)C2. The van der Waals surface area contributed by atoms with Gasteiger partial charge in [0.1, 0.15) is 17.4 Å². The van der Waals surface area contributed by atoms with Crippen LogP contribution in [0.15, 0.2) is 24.4 Å². The number of piperidine rings is 1. The van der Waals surface area contributed by atoms with Crippen molar-refractivity contribution >= 4 is 35.3 Å². The van der Waals surface area contributed by atoms with Crippen molar-refractivity contribution in [3.63, 3.8) is 0 Å². The summed E-state index contributed by atoms with van der Waals surface area (Å²) in [5.41, 5.74) is -2.60. The van der Waals surface area contributed by atoms with E-state index in [0.29, 0.717) is 56.9 Å². The number of halogens is 4. The summed E-state index contributed by atoms with van der Waals surface area (Å²) in [4.78, 5) is 36.0. The number of nitrogens with one attached hydrogen (secondary N) is 1. The predicted octanol–water partition coefficient (Wildman–Crippen LogP) is 5.70. The lowest BCUT2D eigenvalue weighted by Crippen LogP contribution is -2.57. The van der Waals surface area contributed by atoms with Gasteiger partial charge in [-0.25, -0.2) is 19.2 Å². The van der Waals surface area contributed by atoms with Gasteiger partial charge in [0.2, 0.25) is 5.95 Å². The van der Waals surface area contributed by atoms with Gasteiger partial charge in [0.15, 0.2) is 5.69 Å². The fourth-order valence-corrected chi connectivity index (χ4v) is 8.98. The number of fused-ring (bicyclic) bond motifs is 4. The molecule has 2 N–H and O–H groups in total. The summed E-state index contributed by atoms with van der Waals surface area (Å²) in [6.07, 6.45) is 1.03. The average molecular weight is 678 g/mol. The Labute approximate surface area is 276 Å². The minimum Gasteiger partial charge on any atom is -0.490 e. The van der Waals surface area contributed by atoms with Crippen LogP contribution in [0.1, 0.15) is 79.9 Å². The lowest BCUT2D eigenvalue weighted by Gasteiger charge is -2.34. The molecule has 1 aromatic heterocycles. The van der Waals surface area contributed by atoms with E-state index in [0.717, 1.165) is 44.1 Å². The number of alkyl halides is 3. The third-order valence-corrected chi connectivity index (χ3v) is 11.4. The van der Waals surface area contributed by atoms with Crippen molar-refractivity contribution in [3.8, 4) is 5.75 Å². The van der Waals surface area contributed by atoms with Crippen LogP contribution in [0, 0.1) is 17.8 Å². The van der Waals surface area contributed by atoms with Crippen molar-refractivity contribution in [2.75, 3.05) is 37.7 Å². The number of aromatic nitrogens is 2. The number of carbonyl (C=O) groups is 2. The number of anilines is 2. The van der Waals surface area contributed by atoms with E-state index in [1.54, 1.807) is 9.32 Å². The zero-order chi connectivity index (χ0) is 33.1. The van der Waals surface area contributed by atoms with Crippen LogP contribution in [0.5, 0.6) is 5.75 Å². The van der Waals surface area contributed by atoms with Crippen molar-refractivity contribution in [2.45, 2.75) is 81.5 Å². The molecule has 0 radical (unpaired) electrons. The molecule has 5 aliphatic rings. The summed E-state index contributed by atoms with van der Waals surface area (Å²) in [6, 6.07) is 5.62. The number of aliphatic carboxylic acids is 1. The molecule has 4 fully saturated rings. The van der Waals surface area contributed by atoms with E-state index in [1.165, 1.54) is 0 Å². The predicted molar refractivity (Wildman–Crippen MR) is 166 cm³/mol. The number of carboxylic acid groups (broad SMARTS) is 1. The van der Waals surface area contributed by atoms with Crippen LogP contribution in [0.2, 0.25) is 0 Å². The second-order valence-electron chi connectivity index (χ2n) is 14.1. The highest BCUT2D eigenvalue weighted by Crippen LogP contribution is 2.52. The third kappa shape index (κ3) is 5.92. The number of rotatable bonds is 6. The molecule has 2 aliphatic carbocycles. The summed E-state index contributed by atoms with van der Waals surface area (Å²) in [6.45, 7) is 4.82. The molecule has 7 rings (SSSR count). The fraction of sp³-hybridized carbons (Fsp3) is 0.636. The van der Waals surface area contributed by atoms with Crippen molar-refractivity contribution in [1.82, 2.24) is 19.7 Å². The summed E-state index contributed by atoms with van der Waals surface area (Å²) in [5, 5.41) is 12.8. The molecule has 1 amide bonds. The van der Waals surface area contributed by atoms with E-state index in [9.17, 15) is 27.9 Å². The first-order chi connectivity index (χ1) is 22.4. The molecule has 10 nitrogen and oxygen atoms in total. The normalized spacial score (nSPS) is 29.1. The van der Waals surface area contributed by atoms with Gasteiger partial charge in [0.05, 0.1) is 5.56 Å². The van der Waals surface area contributed by atoms with Crippen molar-refractivity contribution in [1.29, 1.82) is 0 Å². The summed E-state index contributed by atoms with van der Waals surface area (Å²) in [7, 11) is 0. The summed E-state index contributed by atoms with van der Waals surface area (Å²) < 4.78 is 57.5. The van der Waals surface area contributed by atoms with Crippen LogP contribution >= 0.6 is 11.8 Å². The Kier molecular flexibility index (Phi) is 8.31. The van der Waals surface area contributed by atoms with Crippen LogP contribution < -0.4 is 15.0 Å². The Bertz CT molecular complexity index is 1550. The molecule has 47 heavy (non-hydrogen) atoms. The second kappa shape index (κ2) is 12.1. The number of amides is 1. The van der Waals surface area contributed by atoms with Crippen LogP contribution in [-0.4, -0.2) is 75.9 Å². The van der Waals surface area contributed by atoms with Crippen LogP contribution in [0.4, 0.5) is 24.8 Å². The van der Waals surface area contributed by atoms with Gasteiger partial charge in [-0.3, -0.25) is 4.79 Å². The van der Waals surface area contributed by atoms with E-state index >= 15 is 0 Å². The number of benzene rings is 1. The largest absolute Gasteiger partial charge is 0.490 e.